The van der Waals surface area contributed by atoms with Crippen molar-refractivity contribution in [3.8, 4) is 17.1 Å². The fraction of sp³-hybridized carbons (Fsp3) is 0.192. The molecule has 0 bridgehead atoms. The number of carbonyl (C=O) groups excluding carboxylic acids is 1. The van der Waals surface area contributed by atoms with Crippen molar-refractivity contribution < 1.29 is 19.0 Å². The second-order valence-corrected chi connectivity index (χ2v) is 8.31. The lowest BCUT2D eigenvalue weighted by Crippen LogP contribution is -2.26. The van der Waals surface area contributed by atoms with Crippen LogP contribution in [-0.2, 0) is 16.0 Å². The summed E-state index contributed by atoms with van der Waals surface area (Å²) >= 11 is 3.45. The van der Waals surface area contributed by atoms with Crippen molar-refractivity contribution in [2.24, 2.45) is 0 Å². The van der Waals surface area contributed by atoms with Gasteiger partial charge in [-0.15, -0.1) is 0 Å². The zero-order chi connectivity index (χ0) is 23.9. The predicted octanol–water partition coefficient (Wildman–Crippen LogP) is 4.71. The highest BCUT2D eigenvalue weighted by atomic mass is 79.9. The molecule has 34 heavy (non-hydrogen) atoms. The van der Waals surface area contributed by atoms with E-state index in [-0.39, 0.29) is 5.56 Å². The van der Waals surface area contributed by atoms with Gasteiger partial charge in [0.15, 0.2) is 0 Å². The van der Waals surface area contributed by atoms with Crippen molar-refractivity contribution in [3.05, 3.63) is 93.2 Å². The van der Waals surface area contributed by atoms with E-state index in [1.54, 1.807) is 34.9 Å². The molecule has 1 aromatic heterocycles. The van der Waals surface area contributed by atoms with Crippen LogP contribution in [0.25, 0.3) is 22.3 Å². The highest BCUT2D eigenvalue weighted by Gasteiger charge is 2.13. The largest absolute Gasteiger partial charge is 0.491 e. The van der Waals surface area contributed by atoms with Crippen LogP contribution in [0.1, 0.15) is 10.4 Å². The maximum atomic E-state index is 13.2. The number of esters is 1. The number of methoxy groups -OCH3 is 1. The van der Waals surface area contributed by atoms with Crippen molar-refractivity contribution >= 4 is 32.8 Å². The van der Waals surface area contributed by atoms with Gasteiger partial charge in [0.1, 0.15) is 18.2 Å². The topological polar surface area (TPSA) is 79.7 Å². The Labute approximate surface area is 205 Å². The Morgan fingerprint density at radius 3 is 2.41 bits per heavy atom. The molecule has 0 saturated carbocycles. The van der Waals surface area contributed by atoms with Crippen LogP contribution in [-0.4, -0.2) is 42.5 Å². The molecule has 0 amide bonds. The Bertz CT molecular complexity index is 1330. The minimum Gasteiger partial charge on any atom is -0.491 e. The number of aromatic nitrogens is 2. The van der Waals surface area contributed by atoms with E-state index in [1.165, 1.54) is 7.11 Å². The van der Waals surface area contributed by atoms with Crippen molar-refractivity contribution in [2.45, 2.75) is 6.54 Å². The number of hydrogen-bond donors (Lipinski definition) is 0. The summed E-state index contributed by atoms with van der Waals surface area (Å²) < 4.78 is 18.7. The Hall–Kier alpha value is -3.49. The molecule has 0 N–H and O–H groups in total. The van der Waals surface area contributed by atoms with Gasteiger partial charge in [0, 0.05) is 10.0 Å². The minimum absolute atomic E-state index is 0.103. The molecule has 4 rings (SSSR count). The summed E-state index contributed by atoms with van der Waals surface area (Å²) in [5, 5.41) is 0.571. The molecule has 0 spiro atoms. The highest BCUT2D eigenvalue weighted by molar-refractivity contribution is 9.10. The Kier molecular flexibility index (Phi) is 7.72. The molecule has 8 heteroatoms. The SMILES string of the molecule is COC(=O)c1ccc(OCCOCCn2c(-c3ccc(Br)cc3)nc3ccccc3c2=O)cc1. The summed E-state index contributed by atoms with van der Waals surface area (Å²) in [6, 6.07) is 21.7. The van der Waals surface area contributed by atoms with Gasteiger partial charge in [-0.2, -0.15) is 0 Å². The Morgan fingerprint density at radius 2 is 1.68 bits per heavy atom. The van der Waals surface area contributed by atoms with Crippen LogP contribution in [0.4, 0.5) is 0 Å². The molecule has 0 aliphatic heterocycles. The Balaban J connectivity index is 1.39. The zero-order valence-electron chi connectivity index (χ0n) is 18.6. The molecule has 0 unspecified atom stereocenters. The summed E-state index contributed by atoms with van der Waals surface area (Å²) in [5.74, 6) is 0.835. The summed E-state index contributed by atoms with van der Waals surface area (Å²) in [6.45, 7) is 1.37. The first-order valence-electron chi connectivity index (χ1n) is 10.7. The van der Waals surface area contributed by atoms with Gasteiger partial charge >= 0.3 is 5.97 Å². The lowest BCUT2D eigenvalue weighted by Gasteiger charge is -2.14. The van der Waals surface area contributed by atoms with Gasteiger partial charge in [-0.25, -0.2) is 9.78 Å². The first-order valence-corrected chi connectivity index (χ1v) is 11.5. The van der Waals surface area contributed by atoms with Crippen molar-refractivity contribution in [1.29, 1.82) is 0 Å². The maximum Gasteiger partial charge on any atom is 0.337 e. The summed E-state index contributed by atoms with van der Waals surface area (Å²) in [7, 11) is 1.34. The molecular weight excluding hydrogens is 500 g/mol. The van der Waals surface area contributed by atoms with E-state index in [0.29, 0.717) is 54.4 Å². The molecule has 0 radical (unpaired) electrons. The van der Waals surface area contributed by atoms with Crippen molar-refractivity contribution in [3.63, 3.8) is 0 Å². The van der Waals surface area contributed by atoms with Crippen LogP contribution in [0.2, 0.25) is 0 Å². The van der Waals surface area contributed by atoms with Crippen LogP contribution in [0, 0.1) is 0 Å². The van der Waals surface area contributed by atoms with E-state index >= 15 is 0 Å². The van der Waals surface area contributed by atoms with E-state index < -0.39 is 5.97 Å². The molecule has 0 atom stereocenters. The molecule has 0 aliphatic carbocycles. The number of carbonyl (C=O) groups is 1. The van der Waals surface area contributed by atoms with E-state index in [0.717, 1.165) is 10.0 Å². The number of fused-ring (bicyclic) bond motifs is 1. The van der Waals surface area contributed by atoms with E-state index in [9.17, 15) is 9.59 Å². The molecule has 174 valence electrons. The molecule has 0 aliphatic rings. The molecule has 7 nitrogen and oxygen atoms in total. The van der Waals surface area contributed by atoms with Gasteiger partial charge < -0.3 is 14.2 Å². The number of rotatable bonds is 9. The first kappa shape index (κ1) is 23.7. The first-order chi connectivity index (χ1) is 16.6. The average Bonchev–Trinajstić information content (AvgIpc) is 2.87. The predicted molar refractivity (Wildman–Crippen MR) is 133 cm³/mol. The molecule has 0 fully saturated rings. The van der Waals surface area contributed by atoms with Gasteiger partial charge in [0.2, 0.25) is 0 Å². The molecule has 1 heterocycles. The standard InChI is InChI=1S/C26H23BrN2O5/c1-32-26(31)19-8-12-21(13-9-19)34-17-16-33-15-14-29-24(18-6-10-20(27)11-7-18)28-23-5-3-2-4-22(23)25(29)30/h2-13H,14-17H2,1H3. The maximum absolute atomic E-state index is 13.2. The van der Waals surface area contributed by atoms with Crippen LogP contribution in [0.5, 0.6) is 5.75 Å². The van der Waals surface area contributed by atoms with Crippen LogP contribution < -0.4 is 10.3 Å². The van der Waals surface area contributed by atoms with Crippen LogP contribution in [0.3, 0.4) is 0 Å². The number of nitrogens with zero attached hydrogens (tertiary/aromatic N) is 2. The fourth-order valence-corrected chi connectivity index (χ4v) is 3.74. The molecule has 4 aromatic rings. The monoisotopic (exact) mass is 522 g/mol. The third kappa shape index (κ3) is 5.52. The quantitative estimate of drug-likeness (QED) is 0.234. The number of halogens is 1. The van der Waals surface area contributed by atoms with Gasteiger partial charge in [-0.1, -0.05) is 40.2 Å². The van der Waals surface area contributed by atoms with Gasteiger partial charge in [0.05, 0.1) is 43.3 Å². The number of para-hydroxylation sites is 1. The highest BCUT2D eigenvalue weighted by Crippen LogP contribution is 2.21. The second kappa shape index (κ2) is 11.1. The van der Waals surface area contributed by atoms with Crippen molar-refractivity contribution in [1.82, 2.24) is 9.55 Å². The Morgan fingerprint density at radius 1 is 0.941 bits per heavy atom. The lowest BCUT2D eigenvalue weighted by molar-refractivity contribution is 0.0600. The van der Waals surface area contributed by atoms with Crippen molar-refractivity contribution in [2.75, 3.05) is 26.9 Å². The van der Waals surface area contributed by atoms with Gasteiger partial charge in [-0.3, -0.25) is 9.36 Å². The molecule has 0 saturated heterocycles. The third-order valence-electron chi connectivity index (χ3n) is 5.20. The van der Waals surface area contributed by atoms with E-state index in [2.05, 4.69) is 20.7 Å². The minimum atomic E-state index is -0.393. The van der Waals surface area contributed by atoms with Crippen LogP contribution in [0.15, 0.2) is 82.1 Å². The lowest BCUT2D eigenvalue weighted by atomic mass is 10.2. The van der Waals surface area contributed by atoms with Crippen LogP contribution >= 0.6 is 15.9 Å². The fourth-order valence-electron chi connectivity index (χ4n) is 3.48. The molecule has 3 aromatic carbocycles. The third-order valence-corrected chi connectivity index (χ3v) is 5.72. The normalized spacial score (nSPS) is 10.9. The number of hydrogen-bond acceptors (Lipinski definition) is 6. The molecular formula is C26H23BrN2O5. The second-order valence-electron chi connectivity index (χ2n) is 7.39. The van der Waals surface area contributed by atoms with Gasteiger partial charge in [-0.05, 0) is 48.5 Å². The number of ether oxygens (including phenoxy) is 3. The average molecular weight is 523 g/mol. The summed E-state index contributed by atoms with van der Waals surface area (Å²) in [4.78, 5) is 29.4. The zero-order valence-corrected chi connectivity index (χ0v) is 20.2. The van der Waals surface area contributed by atoms with Gasteiger partial charge in [0.25, 0.3) is 5.56 Å². The van der Waals surface area contributed by atoms with E-state index in [4.69, 9.17) is 14.5 Å². The smallest absolute Gasteiger partial charge is 0.337 e. The summed E-state index contributed by atoms with van der Waals surface area (Å²) in [6.07, 6.45) is 0. The number of benzene rings is 3. The summed E-state index contributed by atoms with van der Waals surface area (Å²) in [5.41, 5.74) is 1.87. The van der Waals surface area contributed by atoms with E-state index in [1.807, 2.05) is 42.5 Å².